The summed E-state index contributed by atoms with van der Waals surface area (Å²) in [6, 6.07) is 15.7. The minimum atomic E-state index is -0.576. The van der Waals surface area contributed by atoms with Gasteiger partial charge in [-0.25, -0.2) is 0 Å². The van der Waals surface area contributed by atoms with Crippen LogP contribution in [0, 0.1) is 6.92 Å². The molecule has 0 amide bonds. The van der Waals surface area contributed by atoms with E-state index in [1.165, 1.54) is 0 Å². The molecule has 0 heterocycles. The van der Waals surface area contributed by atoms with Gasteiger partial charge in [-0.1, -0.05) is 48.5 Å². The maximum absolute atomic E-state index is 10.4. The average molecular weight is 241 g/mol. The molecule has 2 unspecified atom stereocenters. The van der Waals surface area contributed by atoms with Gasteiger partial charge in [0.25, 0.3) is 0 Å². The standard InChI is InChI=1S/C16H19NO/c1-11-5-3-4-6-15(11)16(18)14-9-7-13(8-10-14)12(2)17/h3-10,12,16,18H,17H2,1-2H3. The van der Waals surface area contributed by atoms with E-state index >= 15 is 0 Å². The van der Waals surface area contributed by atoms with Crippen molar-refractivity contribution in [2.75, 3.05) is 0 Å². The Balaban J connectivity index is 2.29. The second kappa shape index (κ2) is 5.34. The van der Waals surface area contributed by atoms with Gasteiger partial charge in [-0.05, 0) is 36.1 Å². The van der Waals surface area contributed by atoms with Crippen molar-refractivity contribution in [2.45, 2.75) is 26.0 Å². The number of aliphatic hydroxyl groups excluding tert-OH is 1. The van der Waals surface area contributed by atoms with Gasteiger partial charge < -0.3 is 10.8 Å². The van der Waals surface area contributed by atoms with Crippen molar-refractivity contribution in [3.05, 3.63) is 70.8 Å². The number of aryl methyl sites for hydroxylation is 1. The first-order valence-corrected chi connectivity index (χ1v) is 6.18. The summed E-state index contributed by atoms with van der Waals surface area (Å²) in [6.45, 7) is 3.96. The molecule has 0 saturated heterocycles. The molecule has 2 heteroatoms. The number of rotatable bonds is 3. The van der Waals surface area contributed by atoms with Crippen molar-refractivity contribution < 1.29 is 5.11 Å². The zero-order chi connectivity index (χ0) is 13.1. The Morgan fingerprint density at radius 2 is 1.50 bits per heavy atom. The minimum absolute atomic E-state index is 0.0228. The zero-order valence-corrected chi connectivity index (χ0v) is 10.8. The fraction of sp³-hybridized carbons (Fsp3) is 0.250. The Morgan fingerprint density at radius 3 is 2.06 bits per heavy atom. The van der Waals surface area contributed by atoms with Crippen LogP contribution in [0.1, 0.15) is 41.3 Å². The zero-order valence-electron chi connectivity index (χ0n) is 10.8. The first-order chi connectivity index (χ1) is 8.59. The molecule has 0 bridgehead atoms. The molecule has 0 spiro atoms. The molecule has 0 radical (unpaired) electrons. The van der Waals surface area contributed by atoms with Crippen LogP contribution in [0.4, 0.5) is 0 Å². The molecule has 94 valence electrons. The van der Waals surface area contributed by atoms with Gasteiger partial charge in [0.2, 0.25) is 0 Å². The molecule has 2 aromatic rings. The third kappa shape index (κ3) is 2.61. The topological polar surface area (TPSA) is 46.2 Å². The Morgan fingerprint density at radius 1 is 0.944 bits per heavy atom. The third-order valence-electron chi connectivity index (χ3n) is 3.26. The molecular formula is C16H19NO. The number of hydrogen-bond donors (Lipinski definition) is 2. The molecule has 2 rings (SSSR count). The number of benzene rings is 2. The molecule has 2 nitrogen and oxygen atoms in total. The summed E-state index contributed by atoms with van der Waals surface area (Å²) in [7, 11) is 0. The predicted octanol–water partition coefficient (Wildman–Crippen LogP) is 3.10. The number of aliphatic hydroxyl groups is 1. The first kappa shape index (κ1) is 12.8. The predicted molar refractivity (Wildman–Crippen MR) is 74.3 cm³/mol. The Hall–Kier alpha value is -1.64. The summed E-state index contributed by atoms with van der Waals surface area (Å²) in [6.07, 6.45) is -0.576. The van der Waals surface area contributed by atoms with Crippen LogP contribution in [-0.4, -0.2) is 5.11 Å². The smallest absolute Gasteiger partial charge is 0.104 e. The van der Waals surface area contributed by atoms with Crippen LogP contribution < -0.4 is 5.73 Å². The summed E-state index contributed by atoms with van der Waals surface area (Å²) in [4.78, 5) is 0. The van der Waals surface area contributed by atoms with Crippen LogP contribution in [0.3, 0.4) is 0 Å². The summed E-state index contributed by atoms with van der Waals surface area (Å²) in [5.74, 6) is 0. The van der Waals surface area contributed by atoms with Gasteiger partial charge in [0.1, 0.15) is 6.10 Å². The van der Waals surface area contributed by atoms with Crippen molar-refractivity contribution in [3.63, 3.8) is 0 Å². The van der Waals surface area contributed by atoms with Crippen LogP contribution in [-0.2, 0) is 0 Å². The lowest BCUT2D eigenvalue weighted by molar-refractivity contribution is 0.219. The molecule has 0 aliphatic rings. The van der Waals surface area contributed by atoms with Gasteiger partial charge in [0.15, 0.2) is 0 Å². The molecular weight excluding hydrogens is 222 g/mol. The molecule has 3 N–H and O–H groups in total. The van der Waals surface area contributed by atoms with E-state index in [4.69, 9.17) is 5.73 Å². The van der Waals surface area contributed by atoms with E-state index in [9.17, 15) is 5.11 Å². The summed E-state index contributed by atoms with van der Waals surface area (Å²) in [5.41, 5.74) is 9.84. The van der Waals surface area contributed by atoms with Crippen LogP contribution in [0.25, 0.3) is 0 Å². The minimum Gasteiger partial charge on any atom is -0.384 e. The largest absolute Gasteiger partial charge is 0.384 e. The van der Waals surface area contributed by atoms with Crippen LogP contribution >= 0.6 is 0 Å². The van der Waals surface area contributed by atoms with Gasteiger partial charge >= 0.3 is 0 Å². The maximum Gasteiger partial charge on any atom is 0.104 e. The first-order valence-electron chi connectivity index (χ1n) is 6.18. The lowest BCUT2D eigenvalue weighted by atomic mass is 9.96. The lowest BCUT2D eigenvalue weighted by Gasteiger charge is -2.15. The van der Waals surface area contributed by atoms with E-state index in [0.29, 0.717) is 0 Å². The second-order valence-corrected chi connectivity index (χ2v) is 4.71. The van der Waals surface area contributed by atoms with Crippen molar-refractivity contribution in [1.82, 2.24) is 0 Å². The van der Waals surface area contributed by atoms with Gasteiger partial charge in [-0.3, -0.25) is 0 Å². The fourth-order valence-electron chi connectivity index (χ4n) is 2.06. The normalized spacial score (nSPS) is 14.2. The molecule has 18 heavy (non-hydrogen) atoms. The van der Waals surface area contributed by atoms with Gasteiger partial charge in [0.05, 0.1) is 0 Å². The highest BCUT2D eigenvalue weighted by Gasteiger charge is 2.12. The Labute approximate surface area is 108 Å². The van der Waals surface area contributed by atoms with Gasteiger partial charge in [-0.15, -0.1) is 0 Å². The molecule has 0 saturated carbocycles. The van der Waals surface area contributed by atoms with Crippen molar-refractivity contribution in [2.24, 2.45) is 5.73 Å². The highest BCUT2D eigenvalue weighted by Crippen LogP contribution is 2.25. The second-order valence-electron chi connectivity index (χ2n) is 4.71. The van der Waals surface area contributed by atoms with E-state index in [2.05, 4.69) is 0 Å². The molecule has 0 fully saturated rings. The van der Waals surface area contributed by atoms with Crippen LogP contribution in [0.2, 0.25) is 0 Å². The Bertz CT molecular complexity index is 517. The van der Waals surface area contributed by atoms with Gasteiger partial charge in [-0.2, -0.15) is 0 Å². The molecule has 2 atom stereocenters. The Kier molecular flexibility index (Phi) is 3.80. The SMILES string of the molecule is Cc1ccccc1C(O)c1ccc(C(C)N)cc1. The summed E-state index contributed by atoms with van der Waals surface area (Å²) < 4.78 is 0. The van der Waals surface area contributed by atoms with E-state index in [-0.39, 0.29) is 6.04 Å². The molecule has 2 aromatic carbocycles. The van der Waals surface area contributed by atoms with Crippen molar-refractivity contribution in [1.29, 1.82) is 0 Å². The monoisotopic (exact) mass is 241 g/mol. The van der Waals surface area contributed by atoms with E-state index < -0.39 is 6.10 Å². The third-order valence-corrected chi connectivity index (χ3v) is 3.26. The van der Waals surface area contributed by atoms with E-state index in [0.717, 1.165) is 22.3 Å². The molecule has 0 aromatic heterocycles. The van der Waals surface area contributed by atoms with Crippen LogP contribution in [0.15, 0.2) is 48.5 Å². The average Bonchev–Trinajstić information content (AvgIpc) is 2.38. The highest BCUT2D eigenvalue weighted by molar-refractivity contribution is 5.36. The number of hydrogen-bond acceptors (Lipinski definition) is 2. The fourth-order valence-corrected chi connectivity index (χ4v) is 2.06. The summed E-state index contributed by atoms with van der Waals surface area (Å²) in [5, 5.41) is 10.4. The lowest BCUT2D eigenvalue weighted by Crippen LogP contribution is -2.06. The van der Waals surface area contributed by atoms with E-state index in [1.54, 1.807) is 0 Å². The summed E-state index contributed by atoms with van der Waals surface area (Å²) >= 11 is 0. The molecule has 0 aliphatic heterocycles. The highest BCUT2D eigenvalue weighted by atomic mass is 16.3. The van der Waals surface area contributed by atoms with Crippen LogP contribution in [0.5, 0.6) is 0 Å². The van der Waals surface area contributed by atoms with Crippen molar-refractivity contribution >= 4 is 0 Å². The number of nitrogens with two attached hydrogens (primary N) is 1. The molecule has 0 aliphatic carbocycles. The quantitative estimate of drug-likeness (QED) is 0.867. The van der Waals surface area contributed by atoms with Crippen molar-refractivity contribution in [3.8, 4) is 0 Å². The maximum atomic E-state index is 10.4. The van der Waals surface area contributed by atoms with E-state index in [1.807, 2.05) is 62.4 Å². The van der Waals surface area contributed by atoms with Gasteiger partial charge in [0, 0.05) is 6.04 Å².